The summed E-state index contributed by atoms with van der Waals surface area (Å²) in [6.45, 7) is 1.41. The van der Waals surface area contributed by atoms with Crippen LogP contribution in [-0.4, -0.2) is 57.4 Å². The molecule has 1 heterocycles. The minimum Gasteiger partial charge on any atom is -0.465 e. The maximum absolute atomic E-state index is 10.8. The summed E-state index contributed by atoms with van der Waals surface area (Å²) in [5.74, 6) is 0. The summed E-state index contributed by atoms with van der Waals surface area (Å²) in [5, 5.41) is 26.5. The van der Waals surface area contributed by atoms with Gasteiger partial charge in [-0.1, -0.05) is 0 Å². The van der Waals surface area contributed by atoms with Crippen molar-refractivity contribution in [1.82, 2.24) is 9.80 Å². The van der Waals surface area contributed by atoms with Gasteiger partial charge in [0, 0.05) is 13.1 Å². The van der Waals surface area contributed by atoms with Crippen molar-refractivity contribution >= 4 is 12.2 Å². The molecule has 82 valence electrons. The van der Waals surface area contributed by atoms with Gasteiger partial charge in [-0.15, -0.1) is 0 Å². The molecule has 15 heavy (non-hydrogen) atoms. The lowest BCUT2D eigenvalue weighted by Crippen LogP contribution is -2.62. The van der Waals surface area contributed by atoms with Crippen LogP contribution in [0.3, 0.4) is 0 Å². The first kappa shape index (κ1) is 11.1. The van der Waals surface area contributed by atoms with Gasteiger partial charge in [0.05, 0.1) is 12.6 Å². The van der Waals surface area contributed by atoms with Crippen molar-refractivity contribution in [3.05, 3.63) is 0 Å². The lowest BCUT2D eigenvalue weighted by molar-refractivity contribution is 0.0439. The van der Waals surface area contributed by atoms with E-state index in [1.165, 1.54) is 6.92 Å². The maximum Gasteiger partial charge on any atom is 0.408 e. The van der Waals surface area contributed by atoms with Crippen LogP contribution in [0.2, 0.25) is 0 Å². The van der Waals surface area contributed by atoms with Gasteiger partial charge in [0.25, 0.3) is 0 Å². The van der Waals surface area contributed by atoms with Gasteiger partial charge in [0.2, 0.25) is 0 Å². The highest BCUT2D eigenvalue weighted by molar-refractivity contribution is 5.69. The lowest BCUT2D eigenvalue weighted by atomic mass is 9.99. The summed E-state index contributed by atoms with van der Waals surface area (Å²) < 4.78 is 0. The van der Waals surface area contributed by atoms with Crippen LogP contribution in [0.4, 0.5) is 9.59 Å². The first-order valence-electron chi connectivity index (χ1n) is 4.30. The molecule has 0 aromatic rings. The molecule has 0 aromatic carbocycles. The maximum atomic E-state index is 10.8. The van der Waals surface area contributed by atoms with Crippen LogP contribution in [0, 0.1) is 11.3 Å². The zero-order valence-corrected chi connectivity index (χ0v) is 8.17. The number of amides is 2. The second-order valence-corrected chi connectivity index (χ2v) is 3.52. The Morgan fingerprint density at radius 1 is 1.33 bits per heavy atom. The van der Waals surface area contributed by atoms with Crippen LogP contribution in [-0.2, 0) is 0 Å². The van der Waals surface area contributed by atoms with E-state index in [1.54, 1.807) is 0 Å². The molecule has 1 rings (SSSR count). The third-order valence-corrected chi connectivity index (χ3v) is 2.43. The molecule has 0 aliphatic carbocycles. The standard InChI is InChI=1S/C8H11N3O4/c1-8(4-9)5-10(6(12)13)2-3-11(8)7(14)15/h2-3,5H2,1H3,(H,12,13)(H,14,15). The van der Waals surface area contributed by atoms with E-state index in [1.807, 2.05) is 6.07 Å². The van der Waals surface area contributed by atoms with Crippen molar-refractivity contribution in [3.8, 4) is 6.07 Å². The molecular weight excluding hydrogens is 202 g/mol. The summed E-state index contributed by atoms with van der Waals surface area (Å²) in [6.07, 6.45) is -2.34. The Labute approximate surface area is 86.1 Å². The first-order valence-corrected chi connectivity index (χ1v) is 4.30. The van der Waals surface area contributed by atoms with Crippen molar-refractivity contribution in [2.75, 3.05) is 19.6 Å². The van der Waals surface area contributed by atoms with Crippen molar-refractivity contribution in [1.29, 1.82) is 5.26 Å². The molecule has 1 fully saturated rings. The lowest BCUT2D eigenvalue weighted by Gasteiger charge is -2.42. The van der Waals surface area contributed by atoms with E-state index in [9.17, 15) is 9.59 Å². The molecule has 7 nitrogen and oxygen atoms in total. The zero-order chi connectivity index (χ0) is 11.6. The molecule has 1 atom stereocenters. The molecule has 0 bridgehead atoms. The fourth-order valence-corrected chi connectivity index (χ4v) is 1.57. The van der Waals surface area contributed by atoms with E-state index in [-0.39, 0.29) is 19.6 Å². The number of piperazine rings is 1. The normalized spacial score (nSPS) is 25.9. The second kappa shape index (κ2) is 3.65. The van der Waals surface area contributed by atoms with Gasteiger partial charge < -0.3 is 15.1 Å². The predicted molar refractivity (Wildman–Crippen MR) is 48.3 cm³/mol. The van der Waals surface area contributed by atoms with Crippen LogP contribution in [0.15, 0.2) is 0 Å². The third kappa shape index (κ3) is 1.93. The van der Waals surface area contributed by atoms with Crippen molar-refractivity contribution in [3.63, 3.8) is 0 Å². The van der Waals surface area contributed by atoms with Crippen LogP contribution in [0.1, 0.15) is 6.92 Å². The Balaban J connectivity index is 2.90. The van der Waals surface area contributed by atoms with E-state index >= 15 is 0 Å². The molecule has 0 aromatic heterocycles. The molecule has 0 saturated carbocycles. The fourth-order valence-electron chi connectivity index (χ4n) is 1.57. The van der Waals surface area contributed by atoms with Gasteiger partial charge in [0.15, 0.2) is 0 Å². The SMILES string of the molecule is CC1(C#N)CN(C(=O)O)CCN1C(=O)O. The Morgan fingerprint density at radius 2 is 1.93 bits per heavy atom. The van der Waals surface area contributed by atoms with Gasteiger partial charge in [-0.2, -0.15) is 5.26 Å². The fraction of sp³-hybridized carbons (Fsp3) is 0.625. The van der Waals surface area contributed by atoms with Crippen LogP contribution in [0.25, 0.3) is 0 Å². The van der Waals surface area contributed by atoms with E-state index in [0.717, 1.165) is 9.80 Å². The molecule has 1 unspecified atom stereocenters. The average molecular weight is 213 g/mol. The Kier molecular flexibility index (Phi) is 2.70. The highest BCUT2D eigenvalue weighted by atomic mass is 16.4. The summed E-state index contributed by atoms with van der Waals surface area (Å²) >= 11 is 0. The molecule has 0 spiro atoms. The smallest absolute Gasteiger partial charge is 0.408 e. The number of nitrogens with zero attached hydrogens (tertiary/aromatic N) is 3. The van der Waals surface area contributed by atoms with Gasteiger partial charge in [0.1, 0.15) is 5.54 Å². The monoisotopic (exact) mass is 213 g/mol. The molecule has 1 aliphatic heterocycles. The summed E-state index contributed by atoms with van der Waals surface area (Å²) in [6, 6.07) is 1.84. The van der Waals surface area contributed by atoms with E-state index in [4.69, 9.17) is 15.5 Å². The average Bonchev–Trinajstić information content (AvgIpc) is 2.17. The summed E-state index contributed by atoms with van der Waals surface area (Å²) in [7, 11) is 0. The topological polar surface area (TPSA) is 105 Å². The van der Waals surface area contributed by atoms with Crippen molar-refractivity contribution < 1.29 is 19.8 Å². The minimum atomic E-state index is -1.30. The number of rotatable bonds is 0. The summed E-state index contributed by atoms with van der Waals surface area (Å²) in [5.41, 5.74) is -1.30. The minimum absolute atomic E-state index is 0.0195. The molecule has 7 heteroatoms. The molecule has 2 N–H and O–H groups in total. The van der Waals surface area contributed by atoms with Gasteiger partial charge >= 0.3 is 12.2 Å². The molecule has 1 aliphatic rings. The van der Waals surface area contributed by atoms with Gasteiger partial charge in [-0.05, 0) is 6.92 Å². The number of hydrogen-bond donors (Lipinski definition) is 2. The first-order chi connectivity index (χ1) is 6.90. The number of hydrogen-bond acceptors (Lipinski definition) is 3. The highest BCUT2D eigenvalue weighted by Gasteiger charge is 2.42. The van der Waals surface area contributed by atoms with Gasteiger partial charge in [-0.3, -0.25) is 4.90 Å². The van der Waals surface area contributed by atoms with E-state index in [2.05, 4.69) is 0 Å². The number of carboxylic acid groups (broad SMARTS) is 2. The second-order valence-electron chi connectivity index (χ2n) is 3.52. The van der Waals surface area contributed by atoms with Crippen LogP contribution >= 0.6 is 0 Å². The molecular formula is C8H11N3O4. The van der Waals surface area contributed by atoms with Crippen molar-refractivity contribution in [2.45, 2.75) is 12.5 Å². The van der Waals surface area contributed by atoms with Gasteiger partial charge in [-0.25, -0.2) is 9.59 Å². The molecule has 0 radical (unpaired) electrons. The Hall–Kier alpha value is -1.97. The third-order valence-electron chi connectivity index (χ3n) is 2.43. The largest absolute Gasteiger partial charge is 0.465 e. The van der Waals surface area contributed by atoms with Crippen LogP contribution in [0.5, 0.6) is 0 Å². The summed E-state index contributed by atoms with van der Waals surface area (Å²) in [4.78, 5) is 23.5. The number of nitriles is 1. The highest BCUT2D eigenvalue weighted by Crippen LogP contribution is 2.20. The van der Waals surface area contributed by atoms with E-state index < -0.39 is 17.7 Å². The molecule has 1 saturated heterocycles. The zero-order valence-electron chi connectivity index (χ0n) is 8.17. The number of carbonyl (C=O) groups is 2. The molecule has 2 amide bonds. The Morgan fingerprint density at radius 3 is 2.33 bits per heavy atom. The quantitative estimate of drug-likeness (QED) is 0.599. The van der Waals surface area contributed by atoms with Crippen LogP contribution < -0.4 is 0 Å². The van der Waals surface area contributed by atoms with Crippen molar-refractivity contribution in [2.24, 2.45) is 0 Å². The Bertz CT molecular complexity index is 337. The van der Waals surface area contributed by atoms with E-state index in [0.29, 0.717) is 0 Å². The predicted octanol–water partition coefficient (Wildman–Crippen LogP) is 0.242.